The number of hydrogen-bond acceptors (Lipinski definition) is 7. The molecular weight excluding hydrogens is 346 g/mol. The first kappa shape index (κ1) is 18.8. The zero-order valence-corrected chi connectivity index (χ0v) is 14.3. The highest BCUT2D eigenvalue weighted by Crippen LogP contribution is 2.25. The molecular formula is C17H17NO6S. The first-order valence-corrected chi connectivity index (χ1v) is 7.77. The summed E-state index contributed by atoms with van der Waals surface area (Å²) in [7, 11) is 0. The van der Waals surface area contributed by atoms with Crippen molar-refractivity contribution >= 4 is 23.1 Å². The van der Waals surface area contributed by atoms with Crippen LogP contribution < -0.4 is 4.74 Å². The fraction of sp³-hybridized carbons (Fsp3) is 0.235. The molecule has 0 radical (unpaired) electrons. The summed E-state index contributed by atoms with van der Waals surface area (Å²) in [5.41, 5.74) is 1.74. The van der Waals surface area contributed by atoms with Crippen molar-refractivity contribution in [2.45, 2.75) is 26.7 Å². The molecule has 7 nitrogen and oxygen atoms in total. The molecule has 0 fully saturated rings. The van der Waals surface area contributed by atoms with Gasteiger partial charge in [-0.3, -0.25) is 10.1 Å². The molecule has 0 atom stereocenters. The van der Waals surface area contributed by atoms with Crippen molar-refractivity contribution in [3.8, 4) is 5.75 Å². The Labute approximate surface area is 149 Å². The number of hydrogen-bond donors (Lipinski definition) is 2. The van der Waals surface area contributed by atoms with Crippen LogP contribution in [0.1, 0.15) is 22.3 Å². The quantitative estimate of drug-likeness (QED) is 0.462. The normalized spacial score (nSPS) is 10.4. The summed E-state index contributed by atoms with van der Waals surface area (Å²) in [6.45, 7) is 0.976. The number of thiocarbonyl (C=S) groups is 1. The molecule has 0 aliphatic rings. The van der Waals surface area contributed by atoms with Crippen LogP contribution in [0.4, 0.5) is 5.69 Å². The third kappa shape index (κ3) is 4.96. The molecule has 132 valence electrons. The van der Waals surface area contributed by atoms with E-state index >= 15 is 0 Å². The largest absolute Gasteiger partial charge is 0.451 e. The lowest BCUT2D eigenvalue weighted by atomic mass is 10.0. The van der Waals surface area contributed by atoms with Gasteiger partial charge in [0.1, 0.15) is 12.4 Å². The average molecular weight is 363 g/mol. The van der Waals surface area contributed by atoms with Crippen LogP contribution >= 0.6 is 12.2 Å². The lowest BCUT2D eigenvalue weighted by molar-refractivity contribution is -0.385. The van der Waals surface area contributed by atoms with Crippen LogP contribution in [0, 0.1) is 17.0 Å². The minimum Gasteiger partial charge on any atom is -0.451 e. The van der Waals surface area contributed by atoms with Gasteiger partial charge in [0.25, 0.3) is 5.69 Å². The highest BCUT2D eigenvalue weighted by molar-refractivity contribution is 7.79. The van der Waals surface area contributed by atoms with Gasteiger partial charge in [-0.15, -0.1) is 0 Å². The lowest BCUT2D eigenvalue weighted by Gasteiger charge is -2.12. The van der Waals surface area contributed by atoms with Crippen LogP contribution in [0.25, 0.3) is 0 Å². The molecule has 2 rings (SSSR count). The first-order chi connectivity index (χ1) is 11.9. The van der Waals surface area contributed by atoms with Gasteiger partial charge in [-0.1, -0.05) is 17.7 Å². The summed E-state index contributed by atoms with van der Waals surface area (Å²) in [6.07, 6.45) is 0. The zero-order valence-electron chi connectivity index (χ0n) is 13.5. The summed E-state index contributed by atoms with van der Waals surface area (Å²) in [5.74, 6) is 0.497. The van der Waals surface area contributed by atoms with Gasteiger partial charge in [0.05, 0.1) is 23.7 Å². The van der Waals surface area contributed by atoms with Crippen LogP contribution in [0.2, 0.25) is 0 Å². The fourth-order valence-electron chi connectivity index (χ4n) is 2.18. The minimum absolute atomic E-state index is 0.171. The van der Waals surface area contributed by atoms with Gasteiger partial charge in [0.15, 0.2) is 0 Å². The van der Waals surface area contributed by atoms with E-state index in [9.17, 15) is 20.3 Å². The maximum atomic E-state index is 11.2. The van der Waals surface area contributed by atoms with Crippen molar-refractivity contribution < 1.29 is 24.6 Å². The Morgan fingerprint density at radius 2 is 1.72 bits per heavy atom. The van der Waals surface area contributed by atoms with E-state index in [-0.39, 0.29) is 35.3 Å². The molecule has 8 heteroatoms. The Kier molecular flexibility index (Phi) is 6.40. The highest BCUT2D eigenvalue weighted by atomic mass is 32.1. The predicted molar refractivity (Wildman–Crippen MR) is 94.1 cm³/mol. The van der Waals surface area contributed by atoms with Gasteiger partial charge in [-0.25, -0.2) is 0 Å². The van der Waals surface area contributed by atoms with E-state index in [1.807, 2.05) is 19.1 Å². The molecule has 0 heterocycles. The van der Waals surface area contributed by atoms with Crippen LogP contribution in [0.3, 0.4) is 0 Å². The molecule has 0 bridgehead atoms. The van der Waals surface area contributed by atoms with E-state index in [0.29, 0.717) is 11.3 Å². The van der Waals surface area contributed by atoms with E-state index in [4.69, 9.17) is 21.7 Å². The standard InChI is InChI=1S/C17H17NO6S/c1-11-2-4-15(5-3-11)24-17(25)23-10-14-6-12(8-19)13(9-20)7-16(14)18(21)22/h2-7,19-20H,8-10H2,1H3. The number of ether oxygens (including phenoxy) is 2. The number of nitrogens with zero attached hydrogens (tertiary/aromatic N) is 1. The summed E-state index contributed by atoms with van der Waals surface area (Å²) in [5, 5.41) is 29.6. The van der Waals surface area contributed by atoms with Crippen molar-refractivity contribution in [3.63, 3.8) is 0 Å². The Hall–Kier alpha value is -2.55. The van der Waals surface area contributed by atoms with Gasteiger partial charge in [0, 0.05) is 18.3 Å². The topological polar surface area (TPSA) is 102 Å². The molecule has 2 aromatic rings. The van der Waals surface area contributed by atoms with E-state index in [0.717, 1.165) is 5.56 Å². The van der Waals surface area contributed by atoms with Crippen molar-refractivity contribution in [1.29, 1.82) is 0 Å². The number of benzene rings is 2. The molecule has 0 aliphatic carbocycles. The van der Waals surface area contributed by atoms with Crippen LogP contribution in [0.15, 0.2) is 36.4 Å². The molecule has 2 N–H and O–H groups in total. The van der Waals surface area contributed by atoms with E-state index < -0.39 is 11.5 Å². The van der Waals surface area contributed by atoms with Crippen molar-refractivity contribution in [2.24, 2.45) is 0 Å². The van der Waals surface area contributed by atoms with Gasteiger partial charge in [0.2, 0.25) is 0 Å². The molecule has 0 saturated carbocycles. The van der Waals surface area contributed by atoms with Crippen LogP contribution in [-0.4, -0.2) is 20.4 Å². The monoisotopic (exact) mass is 363 g/mol. The maximum absolute atomic E-state index is 11.2. The number of aliphatic hydroxyl groups is 2. The first-order valence-electron chi connectivity index (χ1n) is 7.36. The smallest absolute Gasteiger partial charge is 0.358 e. The number of nitro groups is 1. The predicted octanol–water partition coefficient (Wildman–Crippen LogP) is 2.77. The van der Waals surface area contributed by atoms with E-state index in [1.165, 1.54) is 12.1 Å². The fourth-order valence-corrected chi connectivity index (χ4v) is 2.33. The number of rotatable bonds is 6. The van der Waals surface area contributed by atoms with Gasteiger partial charge in [-0.05, 0) is 36.2 Å². The number of aliphatic hydroxyl groups excluding tert-OH is 2. The summed E-state index contributed by atoms with van der Waals surface area (Å²) >= 11 is 4.98. The Balaban J connectivity index is 2.11. The second kappa shape index (κ2) is 8.52. The summed E-state index contributed by atoms with van der Waals surface area (Å²) in [4.78, 5) is 10.6. The molecule has 0 amide bonds. The Morgan fingerprint density at radius 3 is 2.28 bits per heavy atom. The van der Waals surface area contributed by atoms with Gasteiger partial charge < -0.3 is 19.7 Å². The van der Waals surface area contributed by atoms with Crippen molar-refractivity contribution in [1.82, 2.24) is 0 Å². The molecule has 25 heavy (non-hydrogen) atoms. The lowest BCUT2D eigenvalue weighted by Crippen LogP contribution is -2.11. The maximum Gasteiger partial charge on any atom is 0.358 e. The summed E-state index contributed by atoms with van der Waals surface area (Å²) < 4.78 is 10.6. The van der Waals surface area contributed by atoms with Gasteiger partial charge >= 0.3 is 5.24 Å². The number of nitro benzene ring substituents is 1. The van der Waals surface area contributed by atoms with E-state index in [2.05, 4.69) is 0 Å². The van der Waals surface area contributed by atoms with Crippen molar-refractivity contribution in [2.75, 3.05) is 0 Å². The molecule has 0 saturated heterocycles. The minimum atomic E-state index is -0.580. The van der Waals surface area contributed by atoms with Gasteiger partial charge in [-0.2, -0.15) is 0 Å². The number of aryl methyl sites for hydroxylation is 1. The Morgan fingerprint density at radius 1 is 1.12 bits per heavy atom. The molecule has 0 aromatic heterocycles. The van der Waals surface area contributed by atoms with E-state index in [1.54, 1.807) is 12.1 Å². The molecule has 0 aliphatic heterocycles. The van der Waals surface area contributed by atoms with Crippen molar-refractivity contribution in [3.05, 3.63) is 68.8 Å². The summed E-state index contributed by atoms with van der Waals surface area (Å²) in [6, 6.07) is 9.79. The second-order valence-electron chi connectivity index (χ2n) is 5.28. The highest BCUT2D eigenvalue weighted by Gasteiger charge is 2.19. The third-order valence-corrected chi connectivity index (χ3v) is 3.71. The average Bonchev–Trinajstić information content (AvgIpc) is 2.60. The third-order valence-electron chi connectivity index (χ3n) is 3.51. The molecule has 2 aromatic carbocycles. The SMILES string of the molecule is Cc1ccc(OC(=S)OCc2cc(CO)c(CO)cc2[N+](=O)[O-])cc1. The van der Waals surface area contributed by atoms with Crippen LogP contribution in [-0.2, 0) is 24.6 Å². The van der Waals surface area contributed by atoms with Crippen LogP contribution in [0.5, 0.6) is 5.75 Å². The second-order valence-corrected chi connectivity index (χ2v) is 5.61. The zero-order chi connectivity index (χ0) is 18.4. The molecule has 0 unspecified atom stereocenters. The molecule has 0 spiro atoms. The Bertz CT molecular complexity index is 775.